The third-order valence-corrected chi connectivity index (χ3v) is 5.40. The molecule has 0 atom stereocenters. The van der Waals surface area contributed by atoms with Crippen molar-refractivity contribution < 1.29 is 9.59 Å². The summed E-state index contributed by atoms with van der Waals surface area (Å²) in [5.41, 5.74) is 2.04. The number of carbonyl (C=O) groups is 2. The average molecular weight is 329 g/mol. The van der Waals surface area contributed by atoms with Gasteiger partial charge < -0.3 is 14.4 Å². The van der Waals surface area contributed by atoms with Crippen molar-refractivity contribution in [3.63, 3.8) is 0 Å². The van der Waals surface area contributed by atoms with Gasteiger partial charge in [0, 0.05) is 51.3 Å². The number of allylic oxidation sites excluding steroid dienone is 1. The Morgan fingerprint density at radius 2 is 2.00 bits per heavy atom. The van der Waals surface area contributed by atoms with E-state index in [-0.39, 0.29) is 17.2 Å². The maximum atomic E-state index is 12.6. The van der Waals surface area contributed by atoms with Gasteiger partial charge in [-0.05, 0) is 38.8 Å². The molecule has 0 saturated carbocycles. The summed E-state index contributed by atoms with van der Waals surface area (Å²) in [6.45, 7) is 7.16. The van der Waals surface area contributed by atoms with Gasteiger partial charge in [0.25, 0.3) is 5.91 Å². The van der Waals surface area contributed by atoms with Gasteiger partial charge in [0.2, 0.25) is 5.91 Å². The molecule has 0 unspecified atom stereocenters. The largest absolute Gasteiger partial charge is 0.347 e. The lowest BCUT2D eigenvalue weighted by Crippen LogP contribution is -2.44. The molecule has 0 N–H and O–H groups in total. The molecule has 0 radical (unpaired) electrons. The van der Waals surface area contributed by atoms with Gasteiger partial charge in [-0.3, -0.25) is 9.59 Å². The minimum Gasteiger partial charge on any atom is -0.347 e. The second-order valence-electron chi connectivity index (χ2n) is 7.53. The highest BCUT2D eigenvalue weighted by Gasteiger charge is 2.45. The minimum absolute atomic E-state index is 0.0670. The van der Waals surface area contributed by atoms with Crippen LogP contribution in [0.15, 0.2) is 30.0 Å². The number of aryl methyl sites for hydroxylation is 1. The van der Waals surface area contributed by atoms with Gasteiger partial charge in [-0.15, -0.1) is 0 Å². The van der Waals surface area contributed by atoms with Gasteiger partial charge in [-0.25, -0.2) is 0 Å². The summed E-state index contributed by atoms with van der Waals surface area (Å²) in [6, 6.07) is 3.77. The topological polar surface area (TPSA) is 45.5 Å². The summed E-state index contributed by atoms with van der Waals surface area (Å²) in [4.78, 5) is 28.8. The molecule has 2 aliphatic rings. The van der Waals surface area contributed by atoms with Crippen molar-refractivity contribution in [1.82, 2.24) is 14.4 Å². The molecular formula is C19H27N3O2. The van der Waals surface area contributed by atoms with Crippen LogP contribution in [0, 0.1) is 5.41 Å². The zero-order chi connectivity index (χ0) is 17.3. The molecule has 5 nitrogen and oxygen atoms in total. The molecule has 1 aromatic rings. The Balaban J connectivity index is 1.61. The van der Waals surface area contributed by atoms with Crippen LogP contribution in [0.2, 0.25) is 0 Å². The smallest absolute Gasteiger partial charge is 0.270 e. The highest BCUT2D eigenvalue weighted by Crippen LogP contribution is 2.41. The first-order valence-corrected chi connectivity index (χ1v) is 8.72. The van der Waals surface area contributed by atoms with Gasteiger partial charge in [-0.1, -0.05) is 11.6 Å². The lowest BCUT2D eigenvalue weighted by Gasteiger charge is -2.38. The summed E-state index contributed by atoms with van der Waals surface area (Å²) >= 11 is 0. The molecule has 5 heteroatoms. The molecule has 2 saturated heterocycles. The van der Waals surface area contributed by atoms with E-state index in [0.29, 0.717) is 6.42 Å². The summed E-state index contributed by atoms with van der Waals surface area (Å²) < 4.78 is 1.87. The van der Waals surface area contributed by atoms with E-state index in [4.69, 9.17) is 0 Å². The Labute approximate surface area is 143 Å². The first kappa shape index (κ1) is 16.8. The normalized spacial score (nSPS) is 19.9. The number of nitrogens with zero attached hydrogens (tertiary/aromatic N) is 3. The Bertz CT molecular complexity index is 662. The van der Waals surface area contributed by atoms with Gasteiger partial charge >= 0.3 is 0 Å². The molecule has 0 aromatic carbocycles. The van der Waals surface area contributed by atoms with Crippen molar-refractivity contribution in [3.8, 4) is 0 Å². The van der Waals surface area contributed by atoms with Crippen molar-refractivity contribution in [2.75, 3.05) is 26.2 Å². The number of piperidine rings is 1. The van der Waals surface area contributed by atoms with Crippen LogP contribution in [0.25, 0.3) is 0 Å². The molecule has 1 spiro atoms. The van der Waals surface area contributed by atoms with Crippen LogP contribution >= 0.6 is 0 Å². The van der Waals surface area contributed by atoms with Crippen molar-refractivity contribution in [3.05, 3.63) is 35.7 Å². The van der Waals surface area contributed by atoms with E-state index < -0.39 is 0 Å². The number of amides is 2. The molecule has 24 heavy (non-hydrogen) atoms. The highest BCUT2D eigenvalue weighted by atomic mass is 16.2. The standard InChI is InChI=1S/C19H27N3O2/c1-15(2)6-10-22-14-19(13-17(22)23)7-11-21(12-8-19)18(24)16-5-4-9-20(16)3/h4-6,9H,7-8,10-14H2,1-3H3. The number of carbonyl (C=O) groups excluding carboxylic acids is 2. The molecule has 2 aliphatic heterocycles. The minimum atomic E-state index is 0.0670. The summed E-state index contributed by atoms with van der Waals surface area (Å²) in [5, 5.41) is 0. The highest BCUT2D eigenvalue weighted by molar-refractivity contribution is 5.92. The van der Waals surface area contributed by atoms with Crippen LogP contribution in [0.1, 0.15) is 43.6 Å². The Morgan fingerprint density at radius 1 is 1.29 bits per heavy atom. The second-order valence-corrected chi connectivity index (χ2v) is 7.53. The lowest BCUT2D eigenvalue weighted by atomic mass is 9.77. The molecule has 0 bridgehead atoms. The first-order chi connectivity index (χ1) is 11.4. The van der Waals surface area contributed by atoms with Crippen LogP contribution in [0.4, 0.5) is 0 Å². The predicted octanol–water partition coefficient (Wildman–Crippen LogP) is 2.45. The van der Waals surface area contributed by atoms with Crippen molar-refractivity contribution in [2.45, 2.75) is 33.1 Å². The molecule has 130 valence electrons. The van der Waals surface area contributed by atoms with E-state index in [1.807, 2.05) is 39.7 Å². The zero-order valence-corrected chi connectivity index (χ0v) is 14.9. The molecule has 3 rings (SSSR count). The maximum absolute atomic E-state index is 12.6. The van der Waals surface area contributed by atoms with Crippen molar-refractivity contribution in [2.24, 2.45) is 12.5 Å². The van der Waals surface area contributed by atoms with E-state index >= 15 is 0 Å². The lowest BCUT2D eigenvalue weighted by molar-refractivity contribution is -0.127. The van der Waals surface area contributed by atoms with Crippen LogP contribution < -0.4 is 0 Å². The molecule has 0 aliphatic carbocycles. The number of hydrogen-bond acceptors (Lipinski definition) is 2. The van der Waals surface area contributed by atoms with E-state index in [9.17, 15) is 9.59 Å². The Kier molecular flexibility index (Phi) is 4.52. The summed E-state index contributed by atoms with van der Waals surface area (Å²) in [5.74, 6) is 0.359. The van der Waals surface area contributed by atoms with E-state index in [2.05, 4.69) is 19.9 Å². The number of aromatic nitrogens is 1. The van der Waals surface area contributed by atoms with Crippen LogP contribution in [-0.4, -0.2) is 52.4 Å². The van der Waals surface area contributed by atoms with Crippen molar-refractivity contribution in [1.29, 1.82) is 0 Å². The molecule has 2 fully saturated rings. The predicted molar refractivity (Wildman–Crippen MR) is 93.6 cm³/mol. The third-order valence-electron chi connectivity index (χ3n) is 5.40. The summed E-state index contributed by atoms with van der Waals surface area (Å²) in [6.07, 6.45) is 6.48. The number of likely N-dealkylation sites (tertiary alicyclic amines) is 2. The Hall–Kier alpha value is -2.04. The fourth-order valence-electron chi connectivity index (χ4n) is 3.81. The Morgan fingerprint density at radius 3 is 2.58 bits per heavy atom. The monoisotopic (exact) mass is 329 g/mol. The maximum Gasteiger partial charge on any atom is 0.270 e. The third kappa shape index (κ3) is 3.25. The van der Waals surface area contributed by atoms with Gasteiger partial charge in [0.05, 0.1) is 0 Å². The molecular weight excluding hydrogens is 302 g/mol. The van der Waals surface area contributed by atoms with Gasteiger partial charge in [-0.2, -0.15) is 0 Å². The van der Waals surface area contributed by atoms with E-state index in [0.717, 1.165) is 44.7 Å². The average Bonchev–Trinajstić information content (AvgIpc) is 3.09. The zero-order valence-electron chi connectivity index (χ0n) is 14.9. The fourth-order valence-corrected chi connectivity index (χ4v) is 3.81. The van der Waals surface area contributed by atoms with Crippen LogP contribution in [0.5, 0.6) is 0 Å². The first-order valence-electron chi connectivity index (χ1n) is 8.72. The van der Waals surface area contributed by atoms with Gasteiger partial charge in [0.15, 0.2) is 0 Å². The van der Waals surface area contributed by atoms with Crippen LogP contribution in [0.3, 0.4) is 0 Å². The van der Waals surface area contributed by atoms with Crippen molar-refractivity contribution >= 4 is 11.8 Å². The summed E-state index contributed by atoms with van der Waals surface area (Å²) in [7, 11) is 1.90. The fraction of sp³-hybridized carbons (Fsp3) is 0.579. The van der Waals surface area contributed by atoms with E-state index in [1.54, 1.807) is 0 Å². The van der Waals surface area contributed by atoms with E-state index in [1.165, 1.54) is 5.57 Å². The number of hydrogen-bond donors (Lipinski definition) is 0. The second kappa shape index (κ2) is 6.46. The quantitative estimate of drug-likeness (QED) is 0.800. The van der Waals surface area contributed by atoms with Gasteiger partial charge in [0.1, 0.15) is 5.69 Å². The SMILES string of the molecule is CC(C)=CCN1CC2(CCN(C(=O)c3cccn3C)CC2)CC1=O. The molecule has 2 amide bonds. The molecule has 1 aromatic heterocycles. The van der Waals surface area contributed by atoms with Crippen LogP contribution in [-0.2, 0) is 11.8 Å². The molecule has 3 heterocycles. The number of rotatable bonds is 3.